The van der Waals surface area contributed by atoms with Gasteiger partial charge in [-0.25, -0.2) is 0 Å². The van der Waals surface area contributed by atoms with Gasteiger partial charge in [0.2, 0.25) is 0 Å². The second-order valence-corrected chi connectivity index (χ2v) is 13.5. The number of rotatable bonds is 11. The standard InChI is InChI=1S/C28H52N2O6.2C2H6.2H3N/c1-25(2)17-21(18-26(3,4)29(25)33)35-23(31)15-13-11-9-10-12-14-16-24(32)36-22-19-27(5,6)30(34)28(7,8)20-22;2*1-2;;/h21-22,33-34H,9-20H2,1-8H3;2*1-2H3;2*1H3. The van der Waals surface area contributed by atoms with Gasteiger partial charge in [0, 0.05) is 60.7 Å². The smallest absolute Gasteiger partial charge is 0.306 e. The first-order valence-electron chi connectivity index (χ1n) is 15.8. The molecule has 0 aromatic carbocycles. The molecule has 10 nitrogen and oxygen atoms in total. The van der Waals surface area contributed by atoms with Gasteiger partial charge in [-0.15, -0.1) is 0 Å². The van der Waals surface area contributed by atoms with Crippen LogP contribution in [0.5, 0.6) is 0 Å². The molecule has 0 spiro atoms. The van der Waals surface area contributed by atoms with Gasteiger partial charge in [-0.3, -0.25) is 9.59 Å². The molecule has 2 heterocycles. The molecule has 0 bridgehead atoms. The lowest BCUT2D eigenvalue weighted by atomic mass is 9.80. The Balaban J connectivity index is -0.00000242. The summed E-state index contributed by atoms with van der Waals surface area (Å²) < 4.78 is 11.5. The molecule has 0 aromatic rings. The summed E-state index contributed by atoms with van der Waals surface area (Å²) in [5, 5.41) is 23.6. The number of carbonyl (C=O) groups excluding carboxylic acids is 2. The lowest BCUT2D eigenvalue weighted by Gasteiger charge is -2.50. The maximum Gasteiger partial charge on any atom is 0.306 e. The zero-order valence-corrected chi connectivity index (χ0v) is 29.5. The minimum absolute atomic E-state index is 0. The van der Waals surface area contributed by atoms with E-state index in [-0.39, 0.29) is 36.4 Å². The summed E-state index contributed by atoms with van der Waals surface area (Å²) in [6.07, 6.45) is 8.61. The highest BCUT2D eigenvalue weighted by molar-refractivity contribution is 5.69. The van der Waals surface area contributed by atoms with Gasteiger partial charge in [0.05, 0.1) is 0 Å². The fraction of sp³-hybridized carbons (Fsp3) is 0.938. The normalized spacial score (nSPS) is 21.2. The largest absolute Gasteiger partial charge is 0.462 e. The van der Waals surface area contributed by atoms with E-state index in [0.717, 1.165) is 38.5 Å². The van der Waals surface area contributed by atoms with Gasteiger partial charge in [-0.05, 0) is 68.2 Å². The van der Waals surface area contributed by atoms with Crippen molar-refractivity contribution >= 4 is 11.9 Å². The summed E-state index contributed by atoms with van der Waals surface area (Å²) in [5.74, 6) is -0.307. The topological polar surface area (TPSA) is 170 Å². The van der Waals surface area contributed by atoms with Crippen molar-refractivity contribution in [3.05, 3.63) is 0 Å². The fourth-order valence-corrected chi connectivity index (χ4v) is 6.26. The monoisotopic (exact) mass is 607 g/mol. The van der Waals surface area contributed by atoms with E-state index in [2.05, 4.69) is 0 Å². The number of hydrogen-bond donors (Lipinski definition) is 4. The summed E-state index contributed by atoms with van der Waals surface area (Å²) >= 11 is 0. The Hall–Kier alpha value is -1.30. The van der Waals surface area contributed by atoms with Crippen LogP contribution in [-0.2, 0) is 19.1 Å². The van der Waals surface area contributed by atoms with Gasteiger partial charge >= 0.3 is 11.9 Å². The van der Waals surface area contributed by atoms with Crippen molar-refractivity contribution in [3.63, 3.8) is 0 Å². The predicted octanol–water partition coefficient (Wildman–Crippen LogP) is 8.39. The van der Waals surface area contributed by atoms with E-state index >= 15 is 0 Å². The number of hydrogen-bond acceptors (Lipinski definition) is 10. The van der Waals surface area contributed by atoms with Crippen LogP contribution in [0, 0.1) is 0 Å². The van der Waals surface area contributed by atoms with Crippen molar-refractivity contribution in [3.8, 4) is 0 Å². The summed E-state index contributed by atoms with van der Waals surface area (Å²) in [4.78, 5) is 24.6. The van der Waals surface area contributed by atoms with E-state index < -0.39 is 22.2 Å². The van der Waals surface area contributed by atoms with Crippen molar-refractivity contribution in [2.75, 3.05) is 0 Å². The molecule has 2 aliphatic rings. The Morgan fingerprint density at radius 3 is 1.00 bits per heavy atom. The molecule has 254 valence electrons. The van der Waals surface area contributed by atoms with Crippen molar-refractivity contribution in [2.24, 2.45) is 0 Å². The third kappa shape index (κ3) is 14.4. The third-order valence-electron chi connectivity index (χ3n) is 7.81. The molecule has 0 saturated carbocycles. The highest BCUT2D eigenvalue weighted by Gasteiger charge is 2.47. The van der Waals surface area contributed by atoms with Crippen LogP contribution >= 0.6 is 0 Å². The summed E-state index contributed by atoms with van der Waals surface area (Å²) in [7, 11) is 0. The molecule has 0 amide bonds. The van der Waals surface area contributed by atoms with Crippen LogP contribution in [0.25, 0.3) is 0 Å². The van der Waals surface area contributed by atoms with Crippen LogP contribution in [0.15, 0.2) is 0 Å². The molecule has 2 aliphatic heterocycles. The minimum atomic E-state index is -0.427. The average Bonchev–Trinajstić information content (AvgIpc) is 2.84. The van der Waals surface area contributed by atoms with Crippen LogP contribution in [-0.4, -0.2) is 66.8 Å². The Bertz CT molecular complexity index is 659. The van der Waals surface area contributed by atoms with Gasteiger partial charge < -0.3 is 32.2 Å². The van der Waals surface area contributed by atoms with Crippen molar-refractivity contribution in [1.82, 2.24) is 22.4 Å². The SMILES string of the molecule is CC.CC.CC1(C)CC(OC(=O)CCCCCCCCC(=O)OC2CC(C)(C)N(O)C(C)(C)C2)CC(C)(C)N1O.N.N. The first-order valence-corrected chi connectivity index (χ1v) is 15.8. The number of unbranched alkanes of at least 4 members (excludes halogenated alkanes) is 5. The number of ether oxygens (including phenoxy) is 2. The fourth-order valence-electron chi connectivity index (χ4n) is 6.26. The highest BCUT2D eigenvalue weighted by Crippen LogP contribution is 2.39. The molecule has 2 rings (SSSR count). The van der Waals surface area contributed by atoms with Crippen molar-refractivity contribution in [1.29, 1.82) is 0 Å². The Kier molecular flexibility index (Phi) is 21.4. The Morgan fingerprint density at radius 1 is 0.548 bits per heavy atom. The van der Waals surface area contributed by atoms with E-state index in [1.807, 2.05) is 83.1 Å². The van der Waals surface area contributed by atoms with Gasteiger partial charge in [-0.1, -0.05) is 53.4 Å². The molecule has 0 aliphatic carbocycles. The number of hydroxylamine groups is 4. The first-order chi connectivity index (χ1) is 18.5. The number of esters is 2. The minimum Gasteiger partial charge on any atom is -0.462 e. The molecule has 2 fully saturated rings. The lowest BCUT2D eigenvalue weighted by molar-refractivity contribution is -0.259. The zero-order valence-electron chi connectivity index (χ0n) is 29.5. The maximum atomic E-state index is 12.3. The van der Waals surface area contributed by atoms with Crippen LogP contribution in [0.1, 0.15) is 160 Å². The molecule has 8 N–H and O–H groups in total. The molecule has 10 heteroatoms. The zero-order chi connectivity index (χ0) is 31.4. The predicted molar refractivity (Wildman–Crippen MR) is 171 cm³/mol. The molecule has 42 heavy (non-hydrogen) atoms. The summed E-state index contributed by atoms with van der Waals surface area (Å²) in [6.45, 7) is 23.7. The van der Waals surface area contributed by atoms with Crippen molar-refractivity contribution < 1.29 is 29.5 Å². The van der Waals surface area contributed by atoms with E-state index in [9.17, 15) is 20.0 Å². The molecule has 0 aromatic heterocycles. The van der Waals surface area contributed by atoms with E-state index in [1.54, 1.807) is 0 Å². The van der Waals surface area contributed by atoms with Gasteiger partial charge in [0.25, 0.3) is 0 Å². The average molecular weight is 607 g/mol. The molecular weight excluding hydrogens is 536 g/mol. The molecule has 0 atom stereocenters. The summed E-state index contributed by atoms with van der Waals surface area (Å²) in [6, 6.07) is 0. The quantitative estimate of drug-likeness (QED) is 0.132. The van der Waals surface area contributed by atoms with Gasteiger partial charge in [0.1, 0.15) is 12.2 Å². The second-order valence-electron chi connectivity index (χ2n) is 13.5. The van der Waals surface area contributed by atoms with E-state index in [1.165, 1.54) is 10.1 Å². The van der Waals surface area contributed by atoms with E-state index in [4.69, 9.17) is 9.47 Å². The Labute approximate surface area is 258 Å². The lowest BCUT2D eigenvalue weighted by Crippen LogP contribution is -2.60. The van der Waals surface area contributed by atoms with Crippen LogP contribution in [0.2, 0.25) is 0 Å². The maximum absolute atomic E-state index is 12.3. The second kappa shape index (κ2) is 19.9. The van der Waals surface area contributed by atoms with E-state index in [0.29, 0.717) is 38.5 Å². The van der Waals surface area contributed by atoms with Gasteiger partial charge in [0.15, 0.2) is 0 Å². The number of piperidine rings is 2. The Morgan fingerprint density at radius 2 is 0.762 bits per heavy atom. The van der Waals surface area contributed by atoms with Crippen molar-refractivity contribution in [2.45, 2.75) is 194 Å². The molecule has 0 unspecified atom stereocenters. The molecule has 0 radical (unpaired) electrons. The molecule has 2 saturated heterocycles. The first kappa shape index (κ1) is 45.1. The molecular formula is C32H70N4O6. The highest BCUT2D eigenvalue weighted by atomic mass is 16.6. The van der Waals surface area contributed by atoms with Crippen LogP contribution in [0.3, 0.4) is 0 Å². The van der Waals surface area contributed by atoms with Crippen LogP contribution in [0.4, 0.5) is 0 Å². The van der Waals surface area contributed by atoms with Crippen LogP contribution < -0.4 is 12.3 Å². The number of carbonyl (C=O) groups is 2. The summed E-state index contributed by atoms with van der Waals surface area (Å²) in [5.41, 5.74) is -1.71. The third-order valence-corrected chi connectivity index (χ3v) is 7.81. The van der Waals surface area contributed by atoms with Gasteiger partial charge in [-0.2, -0.15) is 10.1 Å². The number of nitrogens with zero attached hydrogens (tertiary/aromatic N) is 2.